The van der Waals surface area contributed by atoms with Crippen LogP contribution in [0.4, 0.5) is 0 Å². The lowest BCUT2D eigenvalue weighted by Gasteiger charge is -2.35. The maximum atomic E-state index is 12.9. The smallest absolute Gasteiger partial charge is 0.228 e. The van der Waals surface area contributed by atoms with Crippen molar-refractivity contribution >= 4 is 17.5 Å². The number of benzene rings is 2. The average Bonchev–Trinajstić information content (AvgIpc) is 2.67. The molecule has 1 aliphatic heterocycles. The van der Waals surface area contributed by atoms with Gasteiger partial charge in [0.1, 0.15) is 17.9 Å². The number of fused-ring (bicyclic) bond motifs is 2. The molecule has 2 unspecified atom stereocenters. The molecule has 0 fully saturated rings. The van der Waals surface area contributed by atoms with Gasteiger partial charge < -0.3 is 10.1 Å². The predicted molar refractivity (Wildman–Crippen MR) is 99.1 cm³/mol. The van der Waals surface area contributed by atoms with Crippen molar-refractivity contribution in [1.82, 2.24) is 5.32 Å². The number of hydrogen-bond acceptors (Lipinski definition) is 3. The molecule has 0 spiro atoms. The van der Waals surface area contributed by atoms with E-state index in [0.717, 1.165) is 23.3 Å². The predicted octanol–water partition coefficient (Wildman–Crippen LogP) is 3.46. The highest BCUT2D eigenvalue weighted by molar-refractivity contribution is 6.30. The van der Waals surface area contributed by atoms with Crippen LogP contribution >= 0.6 is 11.6 Å². The molecule has 0 bridgehead atoms. The Morgan fingerprint density at radius 1 is 1.23 bits per heavy atom. The Morgan fingerprint density at radius 3 is 2.85 bits per heavy atom. The number of nitriles is 1. The van der Waals surface area contributed by atoms with Crippen LogP contribution in [-0.4, -0.2) is 18.1 Å². The van der Waals surface area contributed by atoms with E-state index in [4.69, 9.17) is 16.3 Å². The van der Waals surface area contributed by atoms with Gasteiger partial charge in [-0.05, 0) is 54.2 Å². The number of aryl methyl sites for hydroxylation is 1. The molecule has 1 N–H and O–H groups in total. The summed E-state index contributed by atoms with van der Waals surface area (Å²) in [4.78, 5) is 12.9. The van der Waals surface area contributed by atoms with Crippen LogP contribution in [-0.2, 0) is 24.1 Å². The first-order chi connectivity index (χ1) is 12.6. The lowest BCUT2D eigenvalue weighted by Crippen LogP contribution is -2.54. The van der Waals surface area contributed by atoms with E-state index in [2.05, 4.69) is 17.5 Å². The molecular weight excluding hydrogens is 348 g/mol. The van der Waals surface area contributed by atoms with E-state index < -0.39 is 5.54 Å². The molecule has 0 aromatic heterocycles. The third-order valence-electron chi connectivity index (χ3n) is 5.31. The van der Waals surface area contributed by atoms with Crippen molar-refractivity contribution in [2.45, 2.75) is 31.2 Å². The van der Waals surface area contributed by atoms with Crippen LogP contribution in [0.25, 0.3) is 0 Å². The summed E-state index contributed by atoms with van der Waals surface area (Å²) >= 11 is 6.05. The number of ether oxygens (including phenoxy) is 1. The molecule has 0 radical (unpaired) electrons. The fourth-order valence-corrected chi connectivity index (χ4v) is 4.03. The summed E-state index contributed by atoms with van der Waals surface area (Å²) < 4.78 is 5.72. The number of nitrogens with zero attached hydrogens (tertiary/aromatic N) is 1. The molecule has 132 valence electrons. The van der Waals surface area contributed by atoms with Gasteiger partial charge in [0.25, 0.3) is 0 Å². The van der Waals surface area contributed by atoms with E-state index in [9.17, 15) is 10.1 Å². The van der Waals surface area contributed by atoms with Gasteiger partial charge in [-0.15, -0.1) is 0 Å². The minimum Gasteiger partial charge on any atom is -0.492 e. The summed E-state index contributed by atoms with van der Waals surface area (Å²) in [5, 5.41) is 13.5. The fourth-order valence-electron chi connectivity index (χ4n) is 3.83. The van der Waals surface area contributed by atoms with Gasteiger partial charge in [0.15, 0.2) is 0 Å². The number of carbonyl (C=O) groups excluding carboxylic acids is 1. The Morgan fingerprint density at radius 2 is 2.04 bits per heavy atom. The highest BCUT2D eigenvalue weighted by atomic mass is 35.5. The van der Waals surface area contributed by atoms with E-state index in [1.54, 1.807) is 6.07 Å². The van der Waals surface area contributed by atoms with Gasteiger partial charge in [-0.1, -0.05) is 35.9 Å². The summed E-state index contributed by atoms with van der Waals surface area (Å²) in [6.45, 7) is 0.318. The van der Waals surface area contributed by atoms with Gasteiger partial charge in [-0.25, -0.2) is 0 Å². The largest absolute Gasteiger partial charge is 0.492 e. The van der Waals surface area contributed by atoms with Gasteiger partial charge in [0, 0.05) is 11.4 Å². The Kier molecular flexibility index (Phi) is 4.34. The number of nitrogens with one attached hydrogen (secondary N) is 1. The minimum absolute atomic E-state index is 0.128. The summed E-state index contributed by atoms with van der Waals surface area (Å²) in [6, 6.07) is 15.9. The quantitative estimate of drug-likeness (QED) is 0.885. The molecule has 0 saturated carbocycles. The van der Waals surface area contributed by atoms with Crippen molar-refractivity contribution < 1.29 is 9.53 Å². The standard InChI is InChI=1S/C21H19ClN2O2/c22-18-5-6-19-16(10-18)9-17(12-26-19)20(25)24-21(13-23)8-7-14-3-1-2-4-15(14)11-21/h1-6,10,17H,7-9,11-12H2,(H,24,25). The Labute approximate surface area is 157 Å². The molecule has 26 heavy (non-hydrogen) atoms. The van der Waals surface area contributed by atoms with Gasteiger partial charge in [0.2, 0.25) is 5.91 Å². The van der Waals surface area contributed by atoms with Crippen molar-refractivity contribution in [1.29, 1.82) is 5.26 Å². The number of carbonyl (C=O) groups is 1. The van der Waals surface area contributed by atoms with E-state index >= 15 is 0 Å². The number of hydrogen-bond donors (Lipinski definition) is 1. The second-order valence-corrected chi connectivity index (χ2v) is 7.53. The molecule has 5 heteroatoms. The molecule has 2 aromatic carbocycles. The summed E-state index contributed by atoms with van der Waals surface area (Å²) in [7, 11) is 0. The third-order valence-corrected chi connectivity index (χ3v) is 5.54. The Bertz CT molecular complexity index is 905. The number of halogens is 1. The zero-order chi connectivity index (χ0) is 18.1. The van der Waals surface area contributed by atoms with Crippen molar-refractivity contribution in [2.24, 2.45) is 5.92 Å². The lowest BCUT2D eigenvalue weighted by atomic mass is 9.78. The molecular formula is C21H19ClN2O2. The normalized spacial score (nSPS) is 23.8. The van der Waals surface area contributed by atoms with Crippen LogP contribution < -0.4 is 10.1 Å². The molecule has 1 aliphatic carbocycles. The van der Waals surface area contributed by atoms with Crippen molar-refractivity contribution in [3.05, 3.63) is 64.2 Å². The van der Waals surface area contributed by atoms with E-state index in [1.807, 2.05) is 30.3 Å². The topological polar surface area (TPSA) is 62.1 Å². The molecule has 2 atom stereocenters. The zero-order valence-electron chi connectivity index (χ0n) is 14.3. The zero-order valence-corrected chi connectivity index (χ0v) is 15.1. The monoisotopic (exact) mass is 366 g/mol. The first kappa shape index (κ1) is 16.9. The number of rotatable bonds is 2. The highest BCUT2D eigenvalue weighted by Gasteiger charge is 2.38. The van der Waals surface area contributed by atoms with Crippen molar-refractivity contribution in [2.75, 3.05) is 6.61 Å². The van der Waals surface area contributed by atoms with Gasteiger partial charge >= 0.3 is 0 Å². The lowest BCUT2D eigenvalue weighted by molar-refractivity contribution is -0.127. The molecule has 2 aliphatic rings. The fraction of sp³-hybridized carbons (Fsp3) is 0.333. The Hall–Kier alpha value is -2.51. The molecule has 0 saturated heterocycles. The molecule has 4 nitrogen and oxygen atoms in total. The second-order valence-electron chi connectivity index (χ2n) is 7.09. The van der Waals surface area contributed by atoms with E-state index in [1.165, 1.54) is 5.56 Å². The van der Waals surface area contributed by atoms with Gasteiger partial charge in [-0.2, -0.15) is 5.26 Å². The molecule has 2 aromatic rings. The summed E-state index contributed by atoms with van der Waals surface area (Å²) in [5.41, 5.74) is 2.48. The van der Waals surface area contributed by atoms with Crippen molar-refractivity contribution in [3.63, 3.8) is 0 Å². The minimum atomic E-state index is -0.847. The maximum absolute atomic E-state index is 12.9. The highest BCUT2D eigenvalue weighted by Crippen LogP contribution is 2.32. The second kappa shape index (κ2) is 6.66. The van der Waals surface area contributed by atoms with Gasteiger partial charge in [0.05, 0.1) is 12.0 Å². The summed E-state index contributed by atoms with van der Waals surface area (Å²) in [6.07, 6.45) is 2.53. The first-order valence-corrected chi connectivity index (χ1v) is 9.18. The van der Waals surface area contributed by atoms with Crippen LogP contribution in [0, 0.1) is 17.2 Å². The maximum Gasteiger partial charge on any atom is 0.228 e. The van der Waals surface area contributed by atoms with E-state index in [0.29, 0.717) is 30.9 Å². The van der Waals surface area contributed by atoms with Crippen LogP contribution in [0.2, 0.25) is 5.02 Å². The van der Waals surface area contributed by atoms with Gasteiger partial charge in [-0.3, -0.25) is 4.79 Å². The average molecular weight is 367 g/mol. The summed E-state index contributed by atoms with van der Waals surface area (Å²) in [5.74, 6) is 0.333. The molecule has 1 amide bonds. The number of amides is 1. The first-order valence-electron chi connectivity index (χ1n) is 8.80. The van der Waals surface area contributed by atoms with Crippen LogP contribution in [0.5, 0.6) is 5.75 Å². The van der Waals surface area contributed by atoms with Crippen molar-refractivity contribution in [3.8, 4) is 11.8 Å². The molecule has 4 rings (SSSR count). The third kappa shape index (κ3) is 3.15. The van der Waals surface area contributed by atoms with E-state index in [-0.39, 0.29) is 11.8 Å². The van der Waals surface area contributed by atoms with Crippen LogP contribution in [0.3, 0.4) is 0 Å². The van der Waals surface area contributed by atoms with Crippen LogP contribution in [0.1, 0.15) is 23.1 Å². The van der Waals surface area contributed by atoms with Crippen LogP contribution in [0.15, 0.2) is 42.5 Å². The molecule has 1 heterocycles. The Balaban J connectivity index is 1.50. The SMILES string of the molecule is N#CC1(NC(=O)C2COc3ccc(Cl)cc3C2)CCc2ccccc2C1.